The Morgan fingerprint density at radius 2 is 1.96 bits per heavy atom. The summed E-state index contributed by atoms with van der Waals surface area (Å²) in [5.41, 5.74) is 1.16. The second kappa shape index (κ2) is 8.75. The predicted molar refractivity (Wildman–Crippen MR) is 100 cm³/mol. The summed E-state index contributed by atoms with van der Waals surface area (Å²) in [5.74, 6) is -0.284. The average Bonchev–Trinajstić information content (AvgIpc) is 3.18. The Kier molecular flexibility index (Phi) is 6.16. The third-order valence-corrected chi connectivity index (χ3v) is 4.92. The first-order valence-electron chi connectivity index (χ1n) is 8.38. The second-order valence-electron chi connectivity index (χ2n) is 5.86. The molecule has 6 nitrogen and oxygen atoms in total. The van der Waals surface area contributed by atoms with Gasteiger partial charge >= 0.3 is 0 Å². The molecule has 0 unspecified atom stereocenters. The Morgan fingerprint density at radius 3 is 2.72 bits per heavy atom. The monoisotopic (exact) mass is 358 g/mol. The number of amides is 2. The van der Waals surface area contributed by atoms with Gasteiger partial charge in [-0.15, -0.1) is 11.3 Å². The van der Waals surface area contributed by atoms with Gasteiger partial charge in [0.2, 0.25) is 0 Å². The third kappa shape index (κ3) is 5.12. The van der Waals surface area contributed by atoms with Crippen molar-refractivity contribution in [3.63, 3.8) is 0 Å². The summed E-state index contributed by atoms with van der Waals surface area (Å²) in [7, 11) is 0. The van der Waals surface area contributed by atoms with Crippen LogP contribution >= 0.6 is 11.3 Å². The standard InChI is InChI=1S/C18H22N4O2S/c23-17(20-8-11-22-9-6-19-7-10-22)14-3-1-4-15(13-14)21-18(24)16-5-2-12-25-16/h1-5,12-13,19H,6-11H2,(H,20,23)(H,21,24). The van der Waals surface area contributed by atoms with E-state index >= 15 is 0 Å². The van der Waals surface area contributed by atoms with Crippen LogP contribution in [0.3, 0.4) is 0 Å². The number of hydrogen-bond donors (Lipinski definition) is 3. The van der Waals surface area contributed by atoms with Gasteiger partial charge in [0.1, 0.15) is 0 Å². The number of rotatable bonds is 6. The number of carbonyl (C=O) groups is 2. The van der Waals surface area contributed by atoms with E-state index < -0.39 is 0 Å². The maximum Gasteiger partial charge on any atom is 0.265 e. The molecule has 7 heteroatoms. The van der Waals surface area contributed by atoms with Gasteiger partial charge in [0.25, 0.3) is 11.8 Å². The summed E-state index contributed by atoms with van der Waals surface area (Å²) < 4.78 is 0. The SMILES string of the molecule is O=C(NCCN1CCNCC1)c1cccc(NC(=O)c2cccs2)c1. The molecule has 2 aromatic rings. The number of hydrogen-bond acceptors (Lipinski definition) is 5. The lowest BCUT2D eigenvalue weighted by atomic mass is 10.2. The quantitative estimate of drug-likeness (QED) is 0.734. The molecule has 0 aliphatic carbocycles. The van der Waals surface area contributed by atoms with Gasteiger partial charge < -0.3 is 16.0 Å². The Hall–Kier alpha value is -2.22. The van der Waals surface area contributed by atoms with Crippen molar-refractivity contribution < 1.29 is 9.59 Å². The molecule has 0 bridgehead atoms. The van der Waals surface area contributed by atoms with Crippen LogP contribution in [-0.4, -0.2) is 56.0 Å². The maximum atomic E-state index is 12.3. The number of nitrogens with one attached hydrogen (secondary N) is 3. The molecule has 132 valence electrons. The highest BCUT2D eigenvalue weighted by atomic mass is 32.1. The fraction of sp³-hybridized carbons (Fsp3) is 0.333. The first-order chi connectivity index (χ1) is 12.2. The van der Waals surface area contributed by atoms with Crippen LogP contribution in [0.25, 0.3) is 0 Å². The lowest BCUT2D eigenvalue weighted by molar-refractivity contribution is 0.0946. The van der Waals surface area contributed by atoms with E-state index in [1.807, 2.05) is 11.4 Å². The number of anilines is 1. The van der Waals surface area contributed by atoms with Crippen LogP contribution in [0.4, 0.5) is 5.69 Å². The van der Waals surface area contributed by atoms with Crippen LogP contribution in [0.1, 0.15) is 20.0 Å². The molecule has 0 saturated carbocycles. The molecule has 3 N–H and O–H groups in total. The predicted octanol–water partition coefficient (Wildman–Crippen LogP) is 1.64. The first-order valence-corrected chi connectivity index (χ1v) is 9.26. The normalized spacial score (nSPS) is 14.9. The van der Waals surface area contributed by atoms with Crippen LogP contribution in [-0.2, 0) is 0 Å². The molecular weight excluding hydrogens is 336 g/mol. The summed E-state index contributed by atoms with van der Waals surface area (Å²) in [6.45, 7) is 5.49. The molecule has 0 spiro atoms. The van der Waals surface area contributed by atoms with Crippen molar-refractivity contribution in [2.75, 3.05) is 44.6 Å². The van der Waals surface area contributed by atoms with E-state index in [1.54, 1.807) is 30.3 Å². The highest BCUT2D eigenvalue weighted by molar-refractivity contribution is 7.12. The van der Waals surface area contributed by atoms with Crippen LogP contribution in [0.2, 0.25) is 0 Å². The molecule has 1 aliphatic rings. The van der Waals surface area contributed by atoms with Crippen LogP contribution in [0, 0.1) is 0 Å². The zero-order valence-electron chi connectivity index (χ0n) is 14.0. The van der Waals surface area contributed by atoms with Crippen molar-refractivity contribution in [2.24, 2.45) is 0 Å². The van der Waals surface area contributed by atoms with Crippen molar-refractivity contribution in [1.82, 2.24) is 15.5 Å². The van der Waals surface area contributed by atoms with Gasteiger partial charge in [-0.1, -0.05) is 12.1 Å². The fourth-order valence-electron chi connectivity index (χ4n) is 2.70. The van der Waals surface area contributed by atoms with Crippen molar-refractivity contribution in [3.8, 4) is 0 Å². The Bertz CT molecular complexity index is 712. The Morgan fingerprint density at radius 1 is 1.12 bits per heavy atom. The molecule has 2 amide bonds. The van der Waals surface area contributed by atoms with Crippen molar-refractivity contribution in [2.45, 2.75) is 0 Å². The molecule has 1 aromatic carbocycles. The van der Waals surface area contributed by atoms with E-state index in [9.17, 15) is 9.59 Å². The lowest BCUT2D eigenvalue weighted by Crippen LogP contribution is -2.46. The van der Waals surface area contributed by atoms with Gasteiger partial charge in [0, 0.05) is 50.5 Å². The van der Waals surface area contributed by atoms with E-state index in [0.717, 1.165) is 32.7 Å². The number of nitrogens with zero attached hydrogens (tertiary/aromatic N) is 1. The molecule has 2 heterocycles. The maximum absolute atomic E-state index is 12.3. The number of benzene rings is 1. The molecule has 3 rings (SSSR count). The van der Waals surface area contributed by atoms with Gasteiger partial charge in [-0.05, 0) is 29.6 Å². The molecule has 1 fully saturated rings. The smallest absolute Gasteiger partial charge is 0.265 e. The highest BCUT2D eigenvalue weighted by Crippen LogP contribution is 2.15. The van der Waals surface area contributed by atoms with E-state index in [4.69, 9.17) is 0 Å². The molecule has 1 saturated heterocycles. The van der Waals surface area contributed by atoms with Gasteiger partial charge in [0.15, 0.2) is 0 Å². The number of piperazine rings is 1. The summed E-state index contributed by atoms with van der Waals surface area (Å²) in [6.07, 6.45) is 0. The summed E-state index contributed by atoms with van der Waals surface area (Å²) in [4.78, 5) is 27.4. The molecular formula is C18H22N4O2S. The zero-order chi connectivity index (χ0) is 17.5. The van der Waals surface area contributed by atoms with Gasteiger partial charge in [-0.3, -0.25) is 14.5 Å². The topological polar surface area (TPSA) is 73.5 Å². The summed E-state index contributed by atoms with van der Waals surface area (Å²) >= 11 is 1.38. The minimum absolute atomic E-state index is 0.123. The van der Waals surface area contributed by atoms with Crippen molar-refractivity contribution in [1.29, 1.82) is 0 Å². The zero-order valence-corrected chi connectivity index (χ0v) is 14.8. The van der Waals surface area contributed by atoms with E-state index in [1.165, 1.54) is 11.3 Å². The highest BCUT2D eigenvalue weighted by Gasteiger charge is 2.12. The summed E-state index contributed by atoms with van der Waals surface area (Å²) in [5, 5.41) is 10.9. The van der Waals surface area contributed by atoms with Gasteiger partial charge in [-0.25, -0.2) is 0 Å². The summed E-state index contributed by atoms with van der Waals surface area (Å²) in [6, 6.07) is 10.6. The molecule has 0 radical (unpaired) electrons. The first kappa shape index (κ1) is 17.6. The Labute approximate surface area is 151 Å². The Balaban J connectivity index is 1.51. The number of carbonyl (C=O) groups excluding carboxylic acids is 2. The van der Waals surface area contributed by atoms with Crippen LogP contribution < -0.4 is 16.0 Å². The molecule has 1 aliphatic heterocycles. The van der Waals surface area contributed by atoms with Crippen molar-refractivity contribution >= 4 is 28.8 Å². The minimum Gasteiger partial charge on any atom is -0.351 e. The van der Waals surface area contributed by atoms with Gasteiger partial charge in [0.05, 0.1) is 4.88 Å². The minimum atomic E-state index is -0.161. The van der Waals surface area contributed by atoms with E-state index in [-0.39, 0.29) is 11.8 Å². The van der Waals surface area contributed by atoms with Gasteiger partial charge in [-0.2, -0.15) is 0 Å². The largest absolute Gasteiger partial charge is 0.351 e. The second-order valence-corrected chi connectivity index (χ2v) is 6.81. The third-order valence-electron chi connectivity index (χ3n) is 4.05. The van der Waals surface area contributed by atoms with Crippen LogP contribution in [0.15, 0.2) is 41.8 Å². The molecule has 1 aromatic heterocycles. The van der Waals surface area contributed by atoms with E-state index in [0.29, 0.717) is 22.7 Å². The molecule has 0 atom stereocenters. The number of thiophene rings is 1. The van der Waals surface area contributed by atoms with Crippen molar-refractivity contribution in [3.05, 3.63) is 52.2 Å². The molecule has 25 heavy (non-hydrogen) atoms. The van der Waals surface area contributed by atoms with E-state index in [2.05, 4.69) is 20.9 Å². The van der Waals surface area contributed by atoms with Crippen LogP contribution in [0.5, 0.6) is 0 Å². The fourth-order valence-corrected chi connectivity index (χ4v) is 3.32. The lowest BCUT2D eigenvalue weighted by Gasteiger charge is -2.27. The average molecular weight is 358 g/mol.